The number of carbonyl (C=O) groups is 1. The summed E-state index contributed by atoms with van der Waals surface area (Å²) in [6.45, 7) is 6.33. The van der Waals surface area contributed by atoms with Crippen LogP contribution >= 0.6 is 12.4 Å². The van der Waals surface area contributed by atoms with E-state index in [1.54, 1.807) is 6.92 Å². The predicted molar refractivity (Wildman–Crippen MR) is 95.1 cm³/mol. The van der Waals surface area contributed by atoms with E-state index in [1.807, 2.05) is 23.1 Å². The van der Waals surface area contributed by atoms with E-state index in [0.717, 1.165) is 39.0 Å². The van der Waals surface area contributed by atoms with Gasteiger partial charge in [0.05, 0.1) is 6.10 Å². The molecule has 1 aliphatic heterocycles. The minimum atomic E-state index is -0.307. The van der Waals surface area contributed by atoms with Crippen LogP contribution in [0.3, 0.4) is 0 Å². The van der Waals surface area contributed by atoms with Gasteiger partial charge in [0, 0.05) is 39.3 Å². The Balaban J connectivity index is 0.00000264. The monoisotopic (exact) mass is 341 g/mol. The molecule has 0 spiro atoms. The van der Waals surface area contributed by atoms with Crippen molar-refractivity contribution in [1.82, 2.24) is 15.1 Å². The molecule has 1 aliphatic rings. The Bertz CT molecular complexity index is 448. The lowest BCUT2D eigenvalue weighted by Crippen LogP contribution is -2.52. The second kappa shape index (κ2) is 10.5. The highest BCUT2D eigenvalue weighted by molar-refractivity contribution is 5.85. The molecule has 0 saturated carbocycles. The first kappa shape index (κ1) is 19.7. The molecule has 1 atom stereocenters. The molecule has 23 heavy (non-hydrogen) atoms. The van der Waals surface area contributed by atoms with Gasteiger partial charge in [-0.25, -0.2) is 4.79 Å². The summed E-state index contributed by atoms with van der Waals surface area (Å²) in [4.78, 5) is 16.1. The zero-order chi connectivity index (χ0) is 15.8. The first-order chi connectivity index (χ1) is 10.6. The average Bonchev–Trinajstić information content (AvgIpc) is 2.52. The van der Waals surface area contributed by atoms with Crippen LogP contribution in [0.1, 0.15) is 18.9 Å². The molecule has 6 heteroatoms. The highest BCUT2D eigenvalue weighted by Gasteiger charge is 2.21. The van der Waals surface area contributed by atoms with Crippen molar-refractivity contribution in [3.63, 3.8) is 0 Å². The number of hydrogen-bond donors (Lipinski definition) is 2. The molecule has 0 aromatic heterocycles. The Labute approximate surface area is 145 Å². The SMILES string of the molecule is CC(O)CN1CCN(C(=O)NCCCc2ccccc2)CC1.Cl. The Morgan fingerprint density at radius 3 is 2.48 bits per heavy atom. The van der Waals surface area contributed by atoms with Gasteiger partial charge in [0.2, 0.25) is 0 Å². The van der Waals surface area contributed by atoms with Crippen LogP contribution in [0.2, 0.25) is 0 Å². The van der Waals surface area contributed by atoms with Crippen molar-refractivity contribution in [2.45, 2.75) is 25.9 Å². The molecule has 2 amide bonds. The topological polar surface area (TPSA) is 55.8 Å². The molecule has 0 radical (unpaired) electrons. The molecule has 130 valence electrons. The van der Waals surface area contributed by atoms with Crippen molar-refractivity contribution in [1.29, 1.82) is 0 Å². The molecule has 1 aromatic carbocycles. The van der Waals surface area contributed by atoms with Gasteiger partial charge in [-0.1, -0.05) is 30.3 Å². The summed E-state index contributed by atoms with van der Waals surface area (Å²) in [7, 11) is 0. The standard InChI is InChI=1S/C17H27N3O2.ClH/c1-15(21)14-19-10-12-20(13-11-19)17(22)18-9-5-8-16-6-3-2-4-7-16;/h2-4,6-7,15,21H,5,8-14H2,1H3,(H,18,22);1H. The summed E-state index contributed by atoms with van der Waals surface area (Å²) in [6, 6.07) is 10.4. The molecule has 0 bridgehead atoms. The number of urea groups is 1. The van der Waals surface area contributed by atoms with E-state index >= 15 is 0 Å². The van der Waals surface area contributed by atoms with Crippen LogP contribution in [0, 0.1) is 0 Å². The van der Waals surface area contributed by atoms with Crippen LogP contribution < -0.4 is 5.32 Å². The lowest BCUT2D eigenvalue weighted by Gasteiger charge is -2.35. The van der Waals surface area contributed by atoms with Gasteiger partial charge < -0.3 is 15.3 Å². The number of rotatable bonds is 6. The van der Waals surface area contributed by atoms with Gasteiger partial charge in [-0.15, -0.1) is 12.4 Å². The molecule has 0 aliphatic carbocycles. The van der Waals surface area contributed by atoms with Crippen LogP contribution in [0.5, 0.6) is 0 Å². The Hall–Kier alpha value is -1.30. The van der Waals surface area contributed by atoms with Crippen LogP contribution in [-0.4, -0.2) is 66.3 Å². The Morgan fingerprint density at radius 1 is 1.22 bits per heavy atom. The van der Waals surface area contributed by atoms with Crippen molar-refractivity contribution in [3.05, 3.63) is 35.9 Å². The van der Waals surface area contributed by atoms with Crippen molar-refractivity contribution in [2.75, 3.05) is 39.3 Å². The summed E-state index contributed by atoms with van der Waals surface area (Å²) in [5.74, 6) is 0. The summed E-state index contributed by atoms with van der Waals surface area (Å²) in [5.41, 5.74) is 1.31. The molecule has 1 unspecified atom stereocenters. The molecular formula is C17H28ClN3O2. The number of carbonyl (C=O) groups excluding carboxylic acids is 1. The fraction of sp³-hybridized carbons (Fsp3) is 0.588. The number of benzene rings is 1. The lowest BCUT2D eigenvalue weighted by atomic mass is 10.1. The number of β-amino-alcohol motifs (C(OH)–C–C–N with tert-alkyl or cyclic N) is 1. The van der Waals surface area contributed by atoms with Crippen molar-refractivity contribution < 1.29 is 9.90 Å². The van der Waals surface area contributed by atoms with Gasteiger partial charge in [0.1, 0.15) is 0 Å². The minimum absolute atomic E-state index is 0. The number of hydrogen-bond acceptors (Lipinski definition) is 3. The zero-order valence-corrected chi connectivity index (χ0v) is 14.6. The fourth-order valence-electron chi connectivity index (χ4n) is 2.75. The van der Waals surface area contributed by atoms with Crippen molar-refractivity contribution in [3.8, 4) is 0 Å². The second-order valence-electron chi connectivity index (χ2n) is 5.96. The summed E-state index contributed by atoms with van der Waals surface area (Å²) in [5, 5.41) is 12.4. The quantitative estimate of drug-likeness (QED) is 0.775. The normalized spacial score (nSPS) is 16.5. The smallest absolute Gasteiger partial charge is 0.317 e. The van der Waals surface area contributed by atoms with Gasteiger partial charge in [-0.2, -0.15) is 0 Å². The van der Waals surface area contributed by atoms with Crippen LogP contribution in [0.15, 0.2) is 30.3 Å². The largest absolute Gasteiger partial charge is 0.392 e. The number of nitrogens with one attached hydrogen (secondary N) is 1. The first-order valence-electron chi connectivity index (χ1n) is 8.12. The number of amides is 2. The van der Waals surface area contributed by atoms with Gasteiger partial charge in [0.15, 0.2) is 0 Å². The highest BCUT2D eigenvalue weighted by Crippen LogP contribution is 2.04. The molecule has 2 N–H and O–H groups in total. The van der Waals surface area contributed by atoms with Crippen molar-refractivity contribution in [2.24, 2.45) is 0 Å². The zero-order valence-electron chi connectivity index (χ0n) is 13.8. The van der Waals surface area contributed by atoms with E-state index < -0.39 is 0 Å². The first-order valence-corrected chi connectivity index (χ1v) is 8.12. The maximum Gasteiger partial charge on any atom is 0.317 e. The van der Waals surface area contributed by atoms with Gasteiger partial charge in [-0.3, -0.25) is 4.90 Å². The maximum atomic E-state index is 12.1. The molecule has 1 fully saturated rings. The van der Waals surface area contributed by atoms with Gasteiger partial charge in [-0.05, 0) is 25.3 Å². The average molecular weight is 342 g/mol. The summed E-state index contributed by atoms with van der Waals surface area (Å²) < 4.78 is 0. The van der Waals surface area contributed by atoms with E-state index in [-0.39, 0.29) is 24.5 Å². The number of piperazine rings is 1. The third-order valence-electron chi connectivity index (χ3n) is 3.94. The number of aliphatic hydroxyl groups is 1. The van der Waals surface area contributed by atoms with E-state index in [0.29, 0.717) is 13.1 Å². The van der Waals surface area contributed by atoms with Crippen LogP contribution in [0.25, 0.3) is 0 Å². The maximum absolute atomic E-state index is 12.1. The Morgan fingerprint density at radius 2 is 1.87 bits per heavy atom. The second-order valence-corrected chi connectivity index (χ2v) is 5.96. The third-order valence-corrected chi connectivity index (χ3v) is 3.94. The molecule has 2 rings (SSSR count). The fourth-order valence-corrected chi connectivity index (χ4v) is 2.75. The molecule has 1 saturated heterocycles. The highest BCUT2D eigenvalue weighted by atomic mass is 35.5. The molecular weight excluding hydrogens is 314 g/mol. The molecule has 5 nitrogen and oxygen atoms in total. The molecule has 1 aromatic rings. The van der Waals surface area contributed by atoms with E-state index in [2.05, 4.69) is 22.3 Å². The minimum Gasteiger partial charge on any atom is -0.392 e. The van der Waals surface area contributed by atoms with E-state index in [9.17, 15) is 9.90 Å². The van der Waals surface area contributed by atoms with Gasteiger partial charge in [0.25, 0.3) is 0 Å². The Kier molecular flexibility index (Phi) is 8.99. The number of aryl methyl sites for hydroxylation is 1. The third kappa shape index (κ3) is 7.20. The van der Waals surface area contributed by atoms with Crippen molar-refractivity contribution >= 4 is 18.4 Å². The number of aliphatic hydroxyl groups excluding tert-OH is 1. The van der Waals surface area contributed by atoms with Gasteiger partial charge >= 0.3 is 6.03 Å². The van der Waals surface area contributed by atoms with E-state index in [1.165, 1.54) is 5.56 Å². The van der Waals surface area contributed by atoms with Crippen LogP contribution in [0.4, 0.5) is 4.79 Å². The summed E-state index contributed by atoms with van der Waals surface area (Å²) >= 11 is 0. The predicted octanol–water partition coefficient (Wildman–Crippen LogP) is 1.75. The van der Waals surface area contributed by atoms with Crippen LogP contribution in [-0.2, 0) is 6.42 Å². The molecule has 1 heterocycles. The summed E-state index contributed by atoms with van der Waals surface area (Å²) in [6.07, 6.45) is 1.64. The van der Waals surface area contributed by atoms with E-state index in [4.69, 9.17) is 0 Å². The number of halogens is 1. The number of nitrogens with zero attached hydrogens (tertiary/aromatic N) is 2. The lowest BCUT2D eigenvalue weighted by molar-refractivity contribution is 0.0898.